The molecule has 1 aliphatic rings. The van der Waals surface area contributed by atoms with E-state index < -0.39 is 23.0 Å². The van der Waals surface area contributed by atoms with Crippen molar-refractivity contribution in [2.45, 2.75) is 31.9 Å². The largest absolute Gasteiger partial charge is 0.359 e. The first kappa shape index (κ1) is 13.3. The van der Waals surface area contributed by atoms with Crippen molar-refractivity contribution in [1.82, 2.24) is 10.2 Å². The molecule has 92 valence electrons. The minimum Gasteiger partial charge on any atom is -0.359 e. The second-order valence-corrected chi connectivity index (χ2v) is 5.25. The molecule has 1 N–H and O–H groups in total. The fourth-order valence-corrected chi connectivity index (χ4v) is 1.98. The summed E-state index contributed by atoms with van der Waals surface area (Å²) in [5.74, 6) is -0.255. The molecule has 1 saturated heterocycles. The summed E-state index contributed by atoms with van der Waals surface area (Å²) >= 11 is 6.10. The van der Waals surface area contributed by atoms with Crippen LogP contribution >= 0.6 is 11.6 Å². The number of alkyl halides is 1. The van der Waals surface area contributed by atoms with E-state index in [2.05, 4.69) is 5.32 Å². The van der Waals surface area contributed by atoms with Gasteiger partial charge in [0.25, 0.3) is 5.91 Å². The van der Waals surface area contributed by atoms with Crippen LogP contribution in [0.1, 0.15) is 20.8 Å². The van der Waals surface area contributed by atoms with Crippen molar-refractivity contribution in [3.05, 3.63) is 0 Å². The predicted octanol–water partition coefficient (Wildman–Crippen LogP) is 1.16. The molecular weight excluding hydrogens is 232 g/mol. The van der Waals surface area contributed by atoms with Crippen LogP contribution in [0.5, 0.6) is 0 Å². The number of imide groups is 1. The summed E-state index contributed by atoms with van der Waals surface area (Å²) < 4.78 is 5.17. The maximum atomic E-state index is 11.7. The molecule has 1 fully saturated rings. The van der Waals surface area contributed by atoms with Gasteiger partial charge in [-0.1, -0.05) is 13.8 Å². The quantitative estimate of drug-likeness (QED) is 0.763. The SMILES string of the molecule is COC1N(CC(C)C)C(=O)NC(=O)C1(C)Cl. The van der Waals surface area contributed by atoms with Crippen LogP contribution < -0.4 is 5.32 Å². The average molecular weight is 249 g/mol. The first-order valence-corrected chi connectivity index (χ1v) is 5.52. The number of hydrogen-bond donors (Lipinski definition) is 1. The molecule has 0 aromatic rings. The van der Waals surface area contributed by atoms with Crippen LogP contribution in [-0.4, -0.2) is 41.6 Å². The van der Waals surface area contributed by atoms with E-state index in [1.54, 1.807) is 0 Å². The maximum Gasteiger partial charge on any atom is 0.326 e. The average Bonchev–Trinajstić information content (AvgIpc) is 2.14. The van der Waals surface area contributed by atoms with E-state index >= 15 is 0 Å². The van der Waals surface area contributed by atoms with Crippen LogP contribution in [-0.2, 0) is 9.53 Å². The second-order valence-electron chi connectivity index (χ2n) is 4.47. The van der Waals surface area contributed by atoms with Crippen molar-refractivity contribution in [1.29, 1.82) is 0 Å². The number of carbonyl (C=O) groups excluding carboxylic acids is 2. The highest BCUT2D eigenvalue weighted by atomic mass is 35.5. The summed E-state index contributed by atoms with van der Waals surface area (Å²) in [4.78, 5) is 23.4. The number of methoxy groups -OCH3 is 1. The molecule has 6 heteroatoms. The molecule has 0 saturated carbocycles. The normalized spacial score (nSPS) is 30.9. The molecule has 0 aromatic carbocycles. The number of nitrogens with zero attached hydrogens (tertiary/aromatic N) is 1. The highest BCUT2D eigenvalue weighted by Gasteiger charge is 2.50. The number of ether oxygens (including phenoxy) is 1. The van der Waals surface area contributed by atoms with Crippen LogP contribution in [0, 0.1) is 5.92 Å². The lowest BCUT2D eigenvalue weighted by Crippen LogP contribution is -2.67. The zero-order chi connectivity index (χ0) is 12.5. The third-order valence-electron chi connectivity index (χ3n) is 2.46. The van der Waals surface area contributed by atoms with Gasteiger partial charge in [0.2, 0.25) is 0 Å². The van der Waals surface area contributed by atoms with Gasteiger partial charge in [-0.05, 0) is 12.8 Å². The van der Waals surface area contributed by atoms with Crippen molar-refractivity contribution >= 4 is 23.5 Å². The van der Waals surface area contributed by atoms with Crippen molar-refractivity contribution in [2.24, 2.45) is 5.92 Å². The molecule has 1 aliphatic heterocycles. The molecule has 5 nitrogen and oxygen atoms in total. The first-order valence-electron chi connectivity index (χ1n) is 5.14. The molecule has 1 rings (SSSR count). The molecule has 1 heterocycles. The van der Waals surface area contributed by atoms with Gasteiger partial charge in [0.15, 0.2) is 11.1 Å². The Morgan fingerprint density at radius 3 is 2.56 bits per heavy atom. The summed E-state index contributed by atoms with van der Waals surface area (Å²) in [5.41, 5.74) is 0. The molecule has 0 radical (unpaired) electrons. The predicted molar refractivity (Wildman–Crippen MR) is 60.1 cm³/mol. The molecular formula is C10H17ClN2O3. The van der Waals surface area contributed by atoms with E-state index in [0.717, 1.165) is 0 Å². The van der Waals surface area contributed by atoms with Gasteiger partial charge in [0.05, 0.1) is 0 Å². The minimum atomic E-state index is -1.25. The number of nitrogens with one attached hydrogen (secondary N) is 1. The molecule has 0 aliphatic carbocycles. The van der Waals surface area contributed by atoms with Crippen LogP contribution in [0.3, 0.4) is 0 Å². The number of carbonyl (C=O) groups is 2. The smallest absolute Gasteiger partial charge is 0.326 e. The Bertz CT molecular complexity index is 304. The Kier molecular flexibility index (Phi) is 3.80. The lowest BCUT2D eigenvalue weighted by atomic mass is 10.0. The van der Waals surface area contributed by atoms with E-state index in [1.807, 2.05) is 13.8 Å². The lowest BCUT2D eigenvalue weighted by Gasteiger charge is -2.42. The summed E-state index contributed by atoms with van der Waals surface area (Å²) in [7, 11) is 1.44. The Labute approximate surface area is 100 Å². The fraction of sp³-hybridized carbons (Fsp3) is 0.800. The van der Waals surface area contributed by atoms with Gasteiger partial charge in [0, 0.05) is 13.7 Å². The van der Waals surface area contributed by atoms with Gasteiger partial charge < -0.3 is 4.74 Å². The highest BCUT2D eigenvalue weighted by Crippen LogP contribution is 2.29. The van der Waals surface area contributed by atoms with E-state index in [0.29, 0.717) is 6.54 Å². The van der Waals surface area contributed by atoms with E-state index in [9.17, 15) is 9.59 Å². The van der Waals surface area contributed by atoms with Crippen molar-refractivity contribution < 1.29 is 14.3 Å². The summed E-state index contributed by atoms with van der Waals surface area (Å²) in [6, 6.07) is -0.455. The van der Waals surface area contributed by atoms with Gasteiger partial charge in [-0.2, -0.15) is 0 Å². The number of halogens is 1. The molecule has 2 atom stereocenters. The molecule has 3 amide bonds. The number of hydrogen-bond acceptors (Lipinski definition) is 3. The highest BCUT2D eigenvalue weighted by molar-refractivity contribution is 6.36. The Morgan fingerprint density at radius 1 is 1.56 bits per heavy atom. The number of urea groups is 1. The minimum absolute atomic E-state index is 0.268. The van der Waals surface area contributed by atoms with Gasteiger partial charge in [-0.25, -0.2) is 4.79 Å². The standard InChI is InChI=1S/C10H17ClN2O3/c1-6(2)5-13-8(16-4)10(3,11)7(14)12-9(13)15/h6,8H,5H2,1-4H3,(H,12,14,15). The summed E-state index contributed by atoms with van der Waals surface area (Å²) in [6.45, 7) is 5.97. The van der Waals surface area contributed by atoms with Crippen molar-refractivity contribution in [3.8, 4) is 0 Å². The van der Waals surface area contributed by atoms with E-state index in [1.165, 1.54) is 18.9 Å². The first-order chi connectivity index (χ1) is 7.30. The topological polar surface area (TPSA) is 58.6 Å². The number of rotatable bonds is 3. The zero-order valence-electron chi connectivity index (χ0n) is 9.91. The Balaban J connectivity index is 2.97. The monoisotopic (exact) mass is 248 g/mol. The Hall–Kier alpha value is -0.810. The Morgan fingerprint density at radius 2 is 2.12 bits per heavy atom. The maximum absolute atomic E-state index is 11.7. The summed E-state index contributed by atoms with van der Waals surface area (Å²) in [6.07, 6.45) is -0.738. The van der Waals surface area contributed by atoms with Gasteiger partial charge >= 0.3 is 6.03 Å². The fourth-order valence-electron chi connectivity index (χ4n) is 1.72. The van der Waals surface area contributed by atoms with E-state index in [4.69, 9.17) is 16.3 Å². The lowest BCUT2D eigenvalue weighted by molar-refractivity contribution is -0.135. The van der Waals surface area contributed by atoms with Crippen LogP contribution in [0.25, 0.3) is 0 Å². The zero-order valence-corrected chi connectivity index (χ0v) is 10.7. The second kappa shape index (κ2) is 4.59. The third-order valence-corrected chi connectivity index (χ3v) is 2.82. The third kappa shape index (κ3) is 2.30. The molecule has 0 bridgehead atoms. The van der Waals surface area contributed by atoms with Crippen LogP contribution in [0.2, 0.25) is 0 Å². The van der Waals surface area contributed by atoms with Crippen molar-refractivity contribution in [2.75, 3.05) is 13.7 Å². The van der Waals surface area contributed by atoms with Crippen molar-refractivity contribution in [3.63, 3.8) is 0 Å². The van der Waals surface area contributed by atoms with Gasteiger partial charge in [-0.15, -0.1) is 11.6 Å². The van der Waals surface area contributed by atoms with Crippen LogP contribution in [0.4, 0.5) is 4.79 Å². The molecule has 16 heavy (non-hydrogen) atoms. The molecule has 0 spiro atoms. The summed E-state index contributed by atoms with van der Waals surface area (Å²) in [5, 5.41) is 2.23. The van der Waals surface area contributed by atoms with E-state index in [-0.39, 0.29) is 5.92 Å². The molecule has 2 unspecified atom stereocenters. The molecule has 0 aromatic heterocycles. The van der Waals surface area contributed by atoms with Gasteiger partial charge in [-0.3, -0.25) is 15.0 Å². The number of amides is 3. The van der Waals surface area contributed by atoms with Gasteiger partial charge in [0.1, 0.15) is 0 Å². The van der Waals surface area contributed by atoms with Crippen LogP contribution in [0.15, 0.2) is 0 Å².